The summed E-state index contributed by atoms with van der Waals surface area (Å²) in [6.07, 6.45) is 2.08. The quantitative estimate of drug-likeness (QED) is 0.778. The van der Waals surface area contributed by atoms with Gasteiger partial charge in [-0.3, -0.25) is 0 Å². The Kier molecular flexibility index (Phi) is 5.93. The predicted molar refractivity (Wildman–Crippen MR) is 83.8 cm³/mol. The average molecular weight is 326 g/mol. The van der Waals surface area contributed by atoms with E-state index in [1.54, 1.807) is 0 Å². The maximum Gasteiger partial charge on any atom is 0.315 e. The molecule has 0 aromatic heterocycles. The van der Waals surface area contributed by atoms with Crippen LogP contribution in [0.3, 0.4) is 0 Å². The second-order valence-corrected chi connectivity index (χ2v) is 6.57. The first-order valence-corrected chi connectivity index (χ1v) is 8.04. The number of hydrogen-bond acceptors (Lipinski definition) is 2. The highest BCUT2D eigenvalue weighted by Gasteiger charge is 2.25. The SMILES string of the molecule is CC(C)[C@H](NC(=O)NC[C@@H]1CC[C@@H](O)C1)c1ccc(F)cc1F. The first kappa shape index (κ1) is 17.7. The fourth-order valence-electron chi connectivity index (χ4n) is 3.02. The number of urea groups is 1. The number of carbonyl (C=O) groups excluding carboxylic acids is 1. The highest BCUT2D eigenvalue weighted by Crippen LogP contribution is 2.26. The fourth-order valence-corrected chi connectivity index (χ4v) is 3.02. The van der Waals surface area contributed by atoms with Gasteiger partial charge in [-0.15, -0.1) is 0 Å². The van der Waals surface area contributed by atoms with Crippen molar-refractivity contribution < 1.29 is 18.7 Å². The van der Waals surface area contributed by atoms with Gasteiger partial charge in [0.15, 0.2) is 0 Å². The van der Waals surface area contributed by atoms with Gasteiger partial charge in [-0.2, -0.15) is 0 Å². The molecule has 3 atom stereocenters. The molecule has 3 N–H and O–H groups in total. The van der Waals surface area contributed by atoms with E-state index in [0.29, 0.717) is 13.0 Å². The zero-order valence-electron chi connectivity index (χ0n) is 13.5. The van der Waals surface area contributed by atoms with E-state index in [2.05, 4.69) is 10.6 Å². The summed E-state index contributed by atoms with van der Waals surface area (Å²) in [5.74, 6) is -1.08. The third kappa shape index (κ3) is 4.89. The molecule has 1 saturated carbocycles. The summed E-state index contributed by atoms with van der Waals surface area (Å²) in [4.78, 5) is 12.1. The highest BCUT2D eigenvalue weighted by molar-refractivity contribution is 5.74. The molecule has 1 aliphatic rings. The van der Waals surface area contributed by atoms with Gasteiger partial charge in [-0.05, 0) is 37.2 Å². The van der Waals surface area contributed by atoms with Crippen molar-refractivity contribution >= 4 is 6.03 Å². The van der Waals surface area contributed by atoms with Crippen molar-refractivity contribution in [1.82, 2.24) is 10.6 Å². The molecule has 0 bridgehead atoms. The normalized spacial score (nSPS) is 22.2. The molecule has 0 unspecified atom stereocenters. The van der Waals surface area contributed by atoms with Gasteiger partial charge in [0.25, 0.3) is 0 Å². The van der Waals surface area contributed by atoms with E-state index < -0.39 is 17.7 Å². The number of hydrogen-bond donors (Lipinski definition) is 3. The third-order valence-electron chi connectivity index (χ3n) is 4.32. The number of aliphatic hydroxyl groups is 1. The number of amides is 2. The van der Waals surface area contributed by atoms with Gasteiger partial charge in [-0.1, -0.05) is 19.9 Å². The summed E-state index contributed by atoms with van der Waals surface area (Å²) in [6, 6.07) is 2.46. The first-order chi connectivity index (χ1) is 10.9. The Morgan fingerprint density at radius 1 is 1.35 bits per heavy atom. The summed E-state index contributed by atoms with van der Waals surface area (Å²) < 4.78 is 27.0. The van der Waals surface area contributed by atoms with Gasteiger partial charge in [0.2, 0.25) is 0 Å². The smallest absolute Gasteiger partial charge is 0.315 e. The minimum atomic E-state index is -0.664. The number of nitrogens with one attached hydrogen (secondary N) is 2. The monoisotopic (exact) mass is 326 g/mol. The molecule has 0 radical (unpaired) electrons. The Morgan fingerprint density at radius 2 is 2.09 bits per heavy atom. The first-order valence-electron chi connectivity index (χ1n) is 8.04. The van der Waals surface area contributed by atoms with E-state index in [-0.39, 0.29) is 29.5 Å². The van der Waals surface area contributed by atoms with Crippen molar-refractivity contribution in [2.45, 2.75) is 45.3 Å². The second-order valence-electron chi connectivity index (χ2n) is 6.57. The van der Waals surface area contributed by atoms with Crippen LogP contribution in [0.1, 0.15) is 44.7 Å². The lowest BCUT2D eigenvalue weighted by molar-refractivity contribution is 0.177. The van der Waals surface area contributed by atoms with Gasteiger partial charge in [0.1, 0.15) is 11.6 Å². The highest BCUT2D eigenvalue weighted by atomic mass is 19.1. The number of aliphatic hydroxyl groups excluding tert-OH is 1. The van der Waals surface area contributed by atoms with Crippen molar-refractivity contribution in [3.63, 3.8) is 0 Å². The van der Waals surface area contributed by atoms with Gasteiger partial charge >= 0.3 is 6.03 Å². The topological polar surface area (TPSA) is 61.4 Å². The third-order valence-corrected chi connectivity index (χ3v) is 4.32. The molecule has 1 fully saturated rings. The van der Waals surface area contributed by atoms with Crippen LogP contribution in [0.2, 0.25) is 0 Å². The Morgan fingerprint density at radius 3 is 2.65 bits per heavy atom. The van der Waals surface area contributed by atoms with Crippen LogP contribution in [0, 0.1) is 23.5 Å². The minimum Gasteiger partial charge on any atom is -0.393 e. The number of carbonyl (C=O) groups is 1. The molecule has 128 valence electrons. The van der Waals surface area contributed by atoms with Gasteiger partial charge in [0, 0.05) is 18.2 Å². The van der Waals surface area contributed by atoms with Gasteiger partial charge in [0.05, 0.1) is 12.1 Å². The minimum absolute atomic E-state index is 0.0472. The second kappa shape index (κ2) is 7.73. The van der Waals surface area contributed by atoms with Gasteiger partial charge < -0.3 is 15.7 Å². The molecule has 1 aromatic carbocycles. The van der Waals surface area contributed by atoms with E-state index in [9.17, 15) is 18.7 Å². The molecular formula is C17H24F2N2O2. The van der Waals surface area contributed by atoms with Crippen molar-refractivity contribution in [1.29, 1.82) is 0 Å². The fraction of sp³-hybridized carbons (Fsp3) is 0.588. The van der Waals surface area contributed by atoms with Crippen molar-refractivity contribution in [3.8, 4) is 0 Å². The summed E-state index contributed by atoms with van der Waals surface area (Å²) in [5, 5.41) is 15.0. The zero-order chi connectivity index (χ0) is 17.0. The van der Waals surface area contributed by atoms with E-state index in [0.717, 1.165) is 18.9 Å². The van der Waals surface area contributed by atoms with Crippen molar-refractivity contribution in [3.05, 3.63) is 35.4 Å². The van der Waals surface area contributed by atoms with Crippen LogP contribution < -0.4 is 10.6 Å². The Bertz CT molecular complexity index is 551. The van der Waals surface area contributed by atoms with Crippen LogP contribution in [-0.4, -0.2) is 23.8 Å². The van der Waals surface area contributed by atoms with Crippen molar-refractivity contribution in [2.75, 3.05) is 6.54 Å². The van der Waals surface area contributed by atoms with E-state index in [1.807, 2.05) is 13.8 Å². The standard InChI is InChI=1S/C17H24F2N2O2/c1-10(2)16(14-6-4-12(18)8-15(14)19)21-17(23)20-9-11-3-5-13(22)7-11/h4,6,8,10-11,13,16,22H,3,5,7,9H2,1-2H3,(H2,20,21,23)/t11-,13-,16+/m1/s1. The van der Waals surface area contributed by atoms with E-state index in [1.165, 1.54) is 12.1 Å². The number of benzene rings is 1. The lowest BCUT2D eigenvalue weighted by Gasteiger charge is -2.24. The molecule has 2 amide bonds. The molecule has 0 aliphatic heterocycles. The molecule has 4 nitrogen and oxygen atoms in total. The lowest BCUT2D eigenvalue weighted by atomic mass is 9.95. The summed E-state index contributed by atoms with van der Waals surface area (Å²) in [7, 11) is 0. The van der Waals surface area contributed by atoms with Crippen LogP contribution in [-0.2, 0) is 0 Å². The van der Waals surface area contributed by atoms with E-state index >= 15 is 0 Å². The molecule has 6 heteroatoms. The molecule has 0 saturated heterocycles. The maximum absolute atomic E-state index is 13.9. The molecule has 2 rings (SSSR count). The molecule has 0 heterocycles. The predicted octanol–water partition coefficient (Wildman–Crippen LogP) is 3.12. The Hall–Kier alpha value is -1.69. The molecular weight excluding hydrogens is 302 g/mol. The largest absolute Gasteiger partial charge is 0.393 e. The summed E-state index contributed by atoms with van der Waals surface area (Å²) in [6.45, 7) is 4.21. The average Bonchev–Trinajstić information content (AvgIpc) is 2.89. The number of rotatable bonds is 5. The molecule has 0 spiro atoms. The van der Waals surface area contributed by atoms with Crippen molar-refractivity contribution in [2.24, 2.45) is 11.8 Å². The molecule has 1 aromatic rings. The van der Waals surface area contributed by atoms with Crippen LogP contribution >= 0.6 is 0 Å². The number of halogens is 2. The van der Waals surface area contributed by atoms with E-state index in [4.69, 9.17) is 0 Å². The zero-order valence-corrected chi connectivity index (χ0v) is 13.5. The Labute approximate surface area is 135 Å². The Balaban J connectivity index is 1.94. The van der Waals surface area contributed by atoms with Crippen LogP contribution in [0.4, 0.5) is 13.6 Å². The van der Waals surface area contributed by atoms with Gasteiger partial charge in [-0.25, -0.2) is 13.6 Å². The molecule has 1 aliphatic carbocycles. The summed E-state index contributed by atoms with van der Waals surface area (Å²) >= 11 is 0. The summed E-state index contributed by atoms with van der Waals surface area (Å²) in [5.41, 5.74) is 0.271. The van der Waals surface area contributed by atoms with Crippen LogP contribution in [0.15, 0.2) is 18.2 Å². The maximum atomic E-state index is 13.9. The lowest BCUT2D eigenvalue weighted by Crippen LogP contribution is -2.41. The van der Waals surface area contributed by atoms with Crippen LogP contribution in [0.5, 0.6) is 0 Å². The molecule has 23 heavy (non-hydrogen) atoms. The van der Waals surface area contributed by atoms with Crippen LogP contribution in [0.25, 0.3) is 0 Å².